The summed E-state index contributed by atoms with van der Waals surface area (Å²) in [6, 6.07) is 3.11. The van der Waals surface area contributed by atoms with Crippen LogP contribution in [0.25, 0.3) is 0 Å². The van der Waals surface area contributed by atoms with Crippen LogP contribution < -0.4 is 4.90 Å². The van der Waals surface area contributed by atoms with Crippen molar-refractivity contribution in [3.05, 3.63) is 18.3 Å². The van der Waals surface area contributed by atoms with Crippen molar-refractivity contribution in [3.63, 3.8) is 0 Å². The van der Waals surface area contributed by atoms with Crippen molar-refractivity contribution in [1.82, 2.24) is 9.29 Å². The second kappa shape index (κ2) is 5.27. The molecule has 0 amide bonds. The zero-order valence-corrected chi connectivity index (χ0v) is 13.1. The number of anilines is 1. The maximum absolute atomic E-state index is 12.0. The zero-order valence-electron chi connectivity index (χ0n) is 12.3. The molecule has 0 saturated carbocycles. The topological polar surface area (TPSA) is 90.8 Å². The van der Waals surface area contributed by atoms with Gasteiger partial charge in [-0.3, -0.25) is 4.79 Å². The van der Waals surface area contributed by atoms with Gasteiger partial charge in [0.05, 0.1) is 5.41 Å². The predicted molar refractivity (Wildman–Crippen MR) is 77.7 cm³/mol. The van der Waals surface area contributed by atoms with E-state index in [-0.39, 0.29) is 4.90 Å². The van der Waals surface area contributed by atoms with Crippen LogP contribution in [0.2, 0.25) is 0 Å². The van der Waals surface area contributed by atoms with Crippen molar-refractivity contribution in [2.45, 2.75) is 18.2 Å². The van der Waals surface area contributed by atoms with E-state index >= 15 is 0 Å². The minimum absolute atomic E-state index is 0.122. The first-order valence-electron chi connectivity index (χ1n) is 6.54. The summed E-state index contributed by atoms with van der Waals surface area (Å²) in [5.74, 6) is -0.227. The summed E-state index contributed by atoms with van der Waals surface area (Å²) in [7, 11) is -0.575. The van der Waals surface area contributed by atoms with Crippen LogP contribution in [0.15, 0.2) is 23.2 Å². The van der Waals surface area contributed by atoms with Crippen LogP contribution >= 0.6 is 0 Å². The molecule has 0 spiro atoms. The number of carbonyl (C=O) groups is 1. The monoisotopic (exact) mass is 313 g/mol. The van der Waals surface area contributed by atoms with Crippen molar-refractivity contribution in [1.29, 1.82) is 0 Å². The summed E-state index contributed by atoms with van der Waals surface area (Å²) in [4.78, 5) is 17.4. The van der Waals surface area contributed by atoms with Gasteiger partial charge in [0.2, 0.25) is 10.0 Å². The molecule has 0 aliphatic carbocycles. The highest BCUT2D eigenvalue weighted by molar-refractivity contribution is 7.89. The molecule has 1 N–H and O–H groups in total. The maximum atomic E-state index is 12.0. The van der Waals surface area contributed by atoms with Gasteiger partial charge >= 0.3 is 5.97 Å². The fourth-order valence-electron chi connectivity index (χ4n) is 2.25. The van der Waals surface area contributed by atoms with Crippen LogP contribution in [0.4, 0.5) is 5.82 Å². The molecule has 2 heterocycles. The number of pyridine rings is 1. The molecule has 1 unspecified atom stereocenters. The molecule has 1 saturated heterocycles. The second-order valence-corrected chi connectivity index (χ2v) is 7.83. The number of rotatable bonds is 4. The summed E-state index contributed by atoms with van der Waals surface area (Å²) < 4.78 is 25.0. The average molecular weight is 313 g/mol. The van der Waals surface area contributed by atoms with Crippen molar-refractivity contribution in [3.8, 4) is 0 Å². The lowest BCUT2D eigenvalue weighted by atomic mass is 9.90. The quantitative estimate of drug-likeness (QED) is 0.877. The Hall–Kier alpha value is -1.67. The fourth-order valence-corrected chi connectivity index (χ4v) is 3.10. The normalized spacial score (nSPS) is 22.8. The van der Waals surface area contributed by atoms with Crippen LogP contribution in [0, 0.1) is 5.41 Å². The predicted octanol–water partition coefficient (Wildman–Crippen LogP) is 0.633. The smallest absolute Gasteiger partial charge is 0.311 e. The Morgan fingerprint density at radius 1 is 1.43 bits per heavy atom. The lowest BCUT2D eigenvalue weighted by Crippen LogP contribution is -2.32. The van der Waals surface area contributed by atoms with Crippen molar-refractivity contribution < 1.29 is 18.3 Å². The third kappa shape index (κ3) is 2.86. The first-order valence-corrected chi connectivity index (χ1v) is 7.98. The van der Waals surface area contributed by atoms with Gasteiger partial charge in [-0.05, 0) is 25.5 Å². The van der Waals surface area contributed by atoms with Gasteiger partial charge in [-0.1, -0.05) is 0 Å². The Balaban J connectivity index is 2.20. The van der Waals surface area contributed by atoms with E-state index in [1.54, 1.807) is 13.0 Å². The van der Waals surface area contributed by atoms with E-state index in [1.165, 1.54) is 26.4 Å². The highest BCUT2D eigenvalue weighted by Gasteiger charge is 2.40. The van der Waals surface area contributed by atoms with E-state index in [9.17, 15) is 18.3 Å². The molecule has 8 heteroatoms. The van der Waals surface area contributed by atoms with E-state index < -0.39 is 21.4 Å². The third-order valence-corrected chi connectivity index (χ3v) is 5.61. The van der Waals surface area contributed by atoms with Gasteiger partial charge in [0, 0.05) is 33.4 Å². The molecule has 7 nitrogen and oxygen atoms in total. The number of hydrogen-bond acceptors (Lipinski definition) is 5. The Morgan fingerprint density at radius 2 is 2.10 bits per heavy atom. The van der Waals surface area contributed by atoms with E-state index in [2.05, 4.69) is 4.98 Å². The number of nitrogens with zero attached hydrogens (tertiary/aromatic N) is 3. The molecule has 1 atom stereocenters. The van der Waals surface area contributed by atoms with E-state index in [0.717, 1.165) is 4.31 Å². The Morgan fingerprint density at radius 3 is 2.52 bits per heavy atom. The zero-order chi connectivity index (χ0) is 15.8. The number of aliphatic carboxylic acids is 1. The SMILES string of the molecule is CN(C)S(=O)(=O)c1ccc(N2CCC(C)(C(=O)O)C2)nc1. The third-order valence-electron chi connectivity index (χ3n) is 3.81. The highest BCUT2D eigenvalue weighted by Crippen LogP contribution is 2.32. The summed E-state index contributed by atoms with van der Waals surface area (Å²) in [5.41, 5.74) is -0.782. The van der Waals surface area contributed by atoms with Crippen LogP contribution in [0.3, 0.4) is 0 Å². The summed E-state index contributed by atoms with van der Waals surface area (Å²) in [5, 5.41) is 9.22. The summed E-state index contributed by atoms with van der Waals surface area (Å²) >= 11 is 0. The molecule has 1 aromatic rings. The first kappa shape index (κ1) is 15.7. The lowest BCUT2D eigenvalue weighted by molar-refractivity contribution is -0.146. The van der Waals surface area contributed by atoms with Gasteiger partial charge in [0.15, 0.2) is 0 Å². The largest absolute Gasteiger partial charge is 0.481 e. The van der Waals surface area contributed by atoms with Crippen LogP contribution in [0.1, 0.15) is 13.3 Å². The van der Waals surface area contributed by atoms with Crippen molar-refractivity contribution >= 4 is 21.8 Å². The van der Waals surface area contributed by atoms with Crippen LogP contribution in [0.5, 0.6) is 0 Å². The van der Waals surface area contributed by atoms with Crippen LogP contribution in [-0.4, -0.2) is 56.0 Å². The molecular weight excluding hydrogens is 294 g/mol. The minimum Gasteiger partial charge on any atom is -0.481 e. The van der Waals surface area contributed by atoms with Gasteiger partial charge in [-0.2, -0.15) is 0 Å². The number of hydrogen-bond donors (Lipinski definition) is 1. The molecule has 0 aromatic carbocycles. The van der Waals surface area contributed by atoms with E-state index in [0.29, 0.717) is 25.3 Å². The molecule has 1 aliphatic rings. The molecule has 116 valence electrons. The van der Waals surface area contributed by atoms with Gasteiger partial charge in [0.25, 0.3) is 0 Å². The Kier molecular flexibility index (Phi) is 3.94. The molecule has 21 heavy (non-hydrogen) atoms. The number of aromatic nitrogens is 1. The van der Waals surface area contributed by atoms with Crippen LogP contribution in [-0.2, 0) is 14.8 Å². The molecule has 1 aromatic heterocycles. The number of carboxylic acids is 1. The van der Waals surface area contributed by atoms with E-state index in [4.69, 9.17) is 0 Å². The Bertz CT molecular complexity index is 642. The van der Waals surface area contributed by atoms with Crippen molar-refractivity contribution in [2.24, 2.45) is 5.41 Å². The molecule has 1 fully saturated rings. The fraction of sp³-hybridized carbons (Fsp3) is 0.538. The molecule has 2 rings (SSSR count). The number of carboxylic acid groups (broad SMARTS) is 1. The molecule has 0 bridgehead atoms. The molecular formula is C13H19N3O4S. The maximum Gasteiger partial charge on any atom is 0.311 e. The average Bonchev–Trinajstić information content (AvgIpc) is 2.83. The van der Waals surface area contributed by atoms with Crippen molar-refractivity contribution in [2.75, 3.05) is 32.1 Å². The van der Waals surface area contributed by atoms with Gasteiger partial charge in [-0.25, -0.2) is 17.7 Å². The lowest BCUT2D eigenvalue weighted by Gasteiger charge is -2.21. The standard InChI is InChI=1S/C13H19N3O4S/c1-13(12(17)18)6-7-16(9-13)11-5-4-10(8-14-11)21(19,20)15(2)3/h4-5,8H,6-7,9H2,1-3H3,(H,17,18). The van der Waals surface area contributed by atoms with Gasteiger partial charge in [-0.15, -0.1) is 0 Å². The second-order valence-electron chi connectivity index (χ2n) is 5.68. The summed E-state index contributed by atoms with van der Waals surface area (Å²) in [6.45, 7) is 2.67. The van der Waals surface area contributed by atoms with E-state index in [1.807, 2.05) is 4.90 Å². The summed E-state index contributed by atoms with van der Waals surface area (Å²) in [6.07, 6.45) is 1.85. The number of sulfonamides is 1. The van der Waals surface area contributed by atoms with Gasteiger partial charge in [0.1, 0.15) is 10.7 Å². The minimum atomic E-state index is -3.50. The molecule has 1 aliphatic heterocycles. The molecule has 0 radical (unpaired) electrons. The first-order chi connectivity index (χ1) is 9.67. The van der Waals surface area contributed by atoms with Gasteiger partial charge < -0.3 is 10.0 Å². The Labute approximate surface area is 124 Å². The highest BCUT2D eigenvalue weighted by atomic mass is 32.2.